The number of nitrogens with one attached hydrogen (secondary N) is 2. The molecular weight excluding hydrogens is 186 g/mol. The molecule has 2 atom stereocenters. The second-order valence-electron chi connectivity index (χ2n) is 5.07. The Morgan fingerprint density at radius 3 is 2.67 bits per heavy atom. The summed E-state index contributed by atoms with van der Waals surface area (Å²) < 4.78 is 0. The number of H-pyrrole nitrogens is 1. The lowest BCUT2D eigenvalue weighted by Crippen LogP contribution is -2.35. The lowest BCUT2D eigenvalue weighted by atomic mass is 9.80. The molecule has 15 heavy (non-hydrogen) atoms. The highest BCUT2D eigenvalue weighted by Crippen LogP contribution is 2.28. The zero-order valence-electron chi connectivity index (χ0n) is 9.66. The van der Waals surface area contributed by atoms with E-state index in [4.69, 9.17) is 0 Å². The van der Waals surface area contributed by atoms with Gasteiger partial charge in [0, 0.05) is 24.5 Å². The molecule has 2 N–H and O–H groups in total. The molecule has 1 aromatic heterocycles. The van der Waals surface area contributed by atoms with Crippen molar-refractivity contribution < 1.29 is 0 Å². The molecule has 2 unspecified atom stereocenters. The quantitative estimate of drug-likeness (QED) is 0.798. The van der Waals surface area contributed by atoms with Crippen LogP contribution in [0, 0.1) is 11.8 Å². The molecule has 0 spiro atoms. The lowest BCUT2D eigenvalue weighted by molar-refractivity contribution is 0.238. The Hall–Kier alpha value is -0.830. The molecule has 84 valence electrons. The van der Waals surface area contributed by atoms with Gasteiger partial charge in [0.25, 0.3) is 0 Å². The molecule has 3 nitrogen and oxygen atoms in total. The van der Waals surface area contributed by atoms with E-state index in [1.54, 1.807) is 6.33 Å². The molecule has 2 rings (SSSR count). The maximum atomic E-state index is 4.02. The molecule has 1 fully saturated rings. The van der Waals surface area contributed by atoms with Crippen molar-refractivity contribution in [1.29, 1.82) is 0 Å². The maximum absolute atomic E-state index is 4.02. The largest absolute Gasteiger partial charge is 0.347 e. The van der Waals surface area contributed by atoms with Crippen molar-refractivity contribution >= 4 is 0 Å². The first-order valence-electron chi connectivity index (χ1n) is 5.94. The van der Waals surface area contributed by atoms with Crippen molar-refractivity contribution in [1.82, 2.24) is 15.3 Å². The number of hydrogen-bond donors (Lipinski definition) is 2. The molecule has 1 aliphatic carbocycles. The van der Waals surface area contributed by atoms with Crippen LogP contribution in [0.3, 0.4) is 0 Å². The predicted molar refractivity (Wildman–Crippen MR) is 61.4 cm³/mol. The fourth-order valence-corrected chi connectivity index (χ4v) is 2.75. The van der Waals surface area contributed by atoms with Gasteiger partial charge in [-0.3, -0.25) is 0 Å². The number of hydrogen-bond acceptors (Lipinski definition) is 2. The van der Waals surface area contributed by atoms with E-state index in [0.717, 1.165) is 18.4 Å². The van der Waals surface area contributed by atoms with Gasteiger partial charge >= 0.3 is 0 Å². The van der Waals surface area contributed by atoms with Crippen molar-refractivity contribution in [3.05, 3.63) is 18.2 Å². The van der Waals surface area contributed by atoms with Gasteiger partial charge in [0.1, 0.15) is 0 Å². The topological polar surface area (TPSA) is 40.7 Å². The fraction of sp³-hybridized carbons (Fsp3) is 0.750. The average molecular weight is 207 g/mol. The molecule has 1 saturated carbocycles. The molecular formula is C12H21N3. The standard InChI is InChI=1S/C12H21N3/c1-9-3-10(2)5-11(4-9)14-7-12-6-13-8-15-12/h6,8-11,14H,3-5,7H2,1-2H3,(H,13,15). The normalized spacial score (nSPS) is 31.7. The summed E-state index contributed by atoms with van der Waals surface area (Å²) in [7, 11) is 0. The van der Waals surface area contributed by atoms with Crippen molar-refractivity contribution in [2.24, 2.45) is 11.8 Å². The van der Waals surface area contributed by atoms with Crippen LogP contribution in [0.1, 0.15) is 38.8 Å². The number of rotatable bonds is 3. The van der Waals surface area contributed by atoms with E-state index in [-0.39, 0.29) is 0 Å². The third-order valence-corrected chi connectivity index (χ3v) is 3.31. The summed E-state index contributed by atoms with van der Waals surface area (Å²) in [6.07, 6.45) is 7.66. The number of nitrogens with zero attached hydrogens (tertiary/aromatic N) is 1. The SMILES string of the molecule is CC1CC(C)CC(NCc2cnc[nH]2)C1. The molecule has 0 saturated heterocycles. The van der Waals surface area contributed by atoms with Crippen LogP contribution in [-0.4, -0.2) is 16.0 Å². The lowest BCUT2D eigenvalue weighted by Gasteiger charge is -2.32. The highest BCUT2D eigenvalue weighted by atomic mass is 15.0. The first kappa shape index (κ1) is 10.7. The van der Waals surface area contributed by atoms with Crippen LogP contribution < -0.4 is 5.32 Å². The minimum atomic E-state index is 0.687. The Morgan fingerprint density at radius 2 is 2.07 bits per heavy atom. The monoisotopic (exact) mass is 207 g/mol. The average Bonchev–Trinajstić information content (AvgIpc) is 2.65. The van der Waals surface area contributed by atoms with Crippen LogP contribution in [0.2, 0.25) is 0 Å². The zero-order chi connectivity index (χ0) is 10.7. The molecule has 1 heterocycles. The molecule has 3 heteroatoms. The smallest absolute Gasteiger partial charge is 0.0922 e. The summed E-state index contributed by atoms with van der Waals surface area (Å²) in [6.45, 7) is 5.64. The van der Waals surface area contributed by atoms with Crippen molar-refractivity contribution in [3.8, 4) is 0 Å². The van der Waals surface area contributed by atoms with Gasteiger partial charge in [0.05, 0.1) is 6.33 Å². The van der Waals surface area contributed by atoms with E-state index < -0.39 is 0 Å². The van der Waals surface area contributed by atoms with Crippen LogP contribution in [0.15, 0.2) is 12.5 Å². The third-order valence-electron chi connectivity index (χ3n) is 3.31. The number of aromatic amines is 1. The van der Waals surface area contributed by atoms with Crippen LogP contribution in [0.25, 0.3) is 0 Å². The van der Waals surface area contributed by atoms with Crippen LogP contribution >= 0.6 is 0 Å². The van der Waals surface area contributed by atoms with E-state index in [1.165, 1.54) is 25.0 Å². The summed E-state index contributed by atoms with van der Waals surface area (Å²) in [5.74, 6) is 1.74. The number of aromatic nitrogens is 2. The van der Waals surface area contributed by atoms with Gasteiger partial charge in [-0.15, -0.1) is 0 Å². The fourth-order valence-electron chi connectivity index (χ4n) is 2.75. The summed E-state index contributed by atoms with van der Waals surface area (Å²) in [4.78, 5) is 7.15. The van der Waals surface area contributed by atoms with Gasteiger partial charge in [-0.25, -0.2) is 4.98 Å². The van der Waals surface area contributed by atoms with Crippen LogP contribution in [0.4, 0.5) is 0 Å². The summed E-state index contributed by atoms with van der Waals surface area (Å²) >= 11 is 0. The van der Waals surface area contributed by atoms with Crippen molar-refractivity contribution in [2.75, 3.05) is 0 Å². The Labute approximate surface area is 91.7 Å². The molecule has 1 aliphatic rings. The Morgan fingerprint density at radius 1 is 1.33 bits per heavy atom. The minimum Gasteiger partial charge on any atom is -0.347 e. The van der Waals surface area contributed by atoms with Gasteiger partial charge in [0.2, 0.25) is 0 Å². The molecule has 0 bridgehead atoms. The predicted octanol–water partition coefficient (Wildman–Crippen LogP) is 2.32. The third kappa shape index (κ3) is 3.06. The molecule has 0 aromatic carbocycles. The van der Waals surface area contributed by atoms with Crippen LogP contribution in [0.5, 0.6) is 0 Å². The highest BCUT2D eigenvalue weighted by Gasteiger charge is 2.23. The van der Waals surface area contributed by atoms with Crippen LogP contribution in [-0.2, 0) is 6.54 Å². The molecule has 0 radical (unpaired) electrons. The van der Waals surface area contributed by atoms with Crippen molar-refractivity contribution in [2.45, 2.75) is 45.7 Å². The van der Waals surface area contributed by atoms with Crippen molar-refractivity contribution in [3.63, 3.8) is 0 Å². The second-order valence-corrected chi connectivity index (χ2v) is 5.07. The van der Waals surface area contributed by atoms with Gasteiger partial charge < -0.3 is 10.3 Å². The molecule has 1 aromatic rings. The van der Waals surface area contributed by atoms with E-state index in [2.05, 4.69) is 29.1 Å². The van der Waals surface area contributed by atoms with Gasteiger partial charge in [-0.1, -0.05) is 13.8 Å². The Bertz CT molecular complexity index is 271. The van der Waals surface area contributed by atoms with E-state index in [9.17, 15) is 0 Å². The molecule has 0 amide bonds. The summed E-state index contributed by atoms with van der Waals surface area (Å²) in [6, 6.07) is 0.687. The Balaban J connectivity index is 1.79. The summed E-state index contributed by atoms with van der Waals surface area (Å²) in [5.41, 5.74) is 1.18. The first-order valence-corrected chi connectivity index (χ1v) is 5.94. The van der Waals surface area contributed by atoms with Gasteiger partial charge in [0.15, 0.2) is 0 Å². The first-order chi connectivity index (χ1) is 7.24. The minimum absolute atomic E-state index is 0.687. The highest BCUT2D eigenvalue weighted by molar-refractivity contribution is 4.94. The number of imidazole rings is 1. The summed E-state index contributed by atoms with van der Waals surface area (Å²) in [5, 5.41) is 3.61. The molecule has 0 aliphatic heterocycles. The van der Waals surface area contributed by atoms with Gasteiger partial charge in [-0.05, 0) is 31.1 Å². The van der Waals surface area contributed by atoms with Gasteiger partial charge in [-0.2, -0.15) is 0 Å². The second kappa shape index (κ2) is 4.79. The van der Waals surface area contributed by atoms with E-state index >= 15 is 0 Å². The van der Waals surface area contributed by atoms with E-state index in [0.29, 0.717) is 6.04 Å². The van der Waals surface area contributed by atoms with E-state index in [1.807, 2.05) is 6.20 Å². The zero-order valence-corrected chi connectivity index (χ0v) is 9.66. The Kier molecular flexibility index (Phi) is 3.41. The maximum Gasteiger partial charge on any atom is 0.0922 e.